The van der Waals surface area contributed by atoms with E-state index in [4.69, 9.17) is 4.42 Å². The Hall–Kier alpha value is -2.62. The zero-order valence-electron chi connectivity index (χ0n) is 13.8. The molecule has 0 saturated heterocycles. The minimum Gasteiger partial charge on any atom is -0.507 e. The maximum absolute atomic E-state index is 12.2. The third-order valence-corrected chi connectivity index (χ3v) is 4.13. The Morgan fingerprint density at radius 2 is 2.04 bits per heavy atom. The molecule has 0 fully saturated rings. The average Bonchev–Trinajstić information content (AvgIpc) is 2.57. The van der Waals surface area contributed by atoms with Gasteiger partial charge >= 0.3 is 5.63 Å². The molecule has 0 saturated carbocycles. The van der Waals surface area contributed by atoms with E-state index >= 15 is 0 Å². The van der Waals surface area contributed by atoms with Gasteiger partial charge in [-0.25, -0.2) is 4.79 Å². The van der Waals surface area contributed by atoms with Gasteiger partial charge in [-0.2, -0.15) is 0 Å². The minimum atomic E-state index is -0.377. The highest BCUT2D eigenvalue weighted by Crippen LogP contribution is 2.27. The normalized spacial score (nSPS) is 11.0. The van der Waals surface area contributed by atoms with E-state index in [-0.39, 0.29) is 11.4 Å². The molecular formula is C20H21NO3. The van der Waals surface area contributed by atoms with Gasteiger partial charge < -0.3 is 9.52 Å². The lowest BCUT2D eigenvalue weighted by Gasteiger charge is -2.07. The largest absolute Gasteiger partial charge is 0.507 e. The van der Waals surface area contributed by atoms with E-state index < -0.39 is 0 Å². The van der Waals surface area contributed by atoms with E-state index in [1.807, 2.05) is 24.3 Å². The van der Waals surface area contributed by atoms with Crippen molar-refractivity contribution in [2.24, 2.45) is 0 Å². The Balaban J connectivity index is 1.94. The van der Waals surface area contributed by atoms with Gasteiger partial charge in [0.2, 0.25) is 0 Å². The number of hydrogen-bond donors (Lipinski definition) is 1. The Morgan fingerprint density at radius 1 is 1.17 bits per heavy atom. The number of aromatic nitrogens is 1. The second kappa shape index (κ2) is 7.30. The van der Waals surface area contributed by atoms with E-state index in [2.05, 4.69) is 11.9 Å². The third-order valence-electron chi connectivity index (χ3n) is 4.13. The molecule has 0 spiro atoms. The van der Waals surface area contributed by atoms with Gasteiger partial charge in [-0.3, -0.25) is 4.98 Å². The molecule has 24 heavy (non-hydrogen) atoms. The highest BCUT2D eigenvalue weighted by molar-refractivity contribution is 5.84. The molecule has 1 N–H and O–H groups in total. The van der Waals surface area contributed by atoms with Gasteiger partial charge in [0.15, 0.2) is 0 Å². The third kappa shape index (κ3) is 3.65. The van der Waals surface area contributed by atoms with Crippen molar-refractivity contribution in [3.63, 3.8) is 0 Å². The lowest BCUT2D eigenvalue weighted by atomic mass is 10.0. The van der Waals surface area contributed by atoms with Crippen molar-refractivity contribution < 1.29 is 9.52 Å². The highest BCUT2D eigenvalue weighted by atomic mass is 16.4. The summed E-state index contributed by atoms with van der Waals surface area (Å²) in [5.74, 6) is 0.157. The molecular weight excluding hydrogens is 302 g/mol. The van der Waals surface area contributed by atoms with Crippen LogP contribution in [0.5, 0.6) is 5.75 Å². The number of phenols is 1. The van der Waals surface area contributed by atoms with E-state index in [0.717, 1.165) is 36.9 Å². The number of hydrogen-bond acceptors (Lipinski definition) is 4. The van der Waals surface area contributed by atoms with Gasteiger partial charge in [0.1, 0.15) is 11.3 Å². The zero-order chi connectivity index (χ0) is 16.9. The van der Waals surface area contributed by atoms with Gasteiger partial charge in [0, 0.05) is 23.9 Å². The summed E-state index contributed by atoms with van der Waals surface area (Å²) in [6.07, 6.45) is 6.30. The Bertz CT molecular complexity index is 885. The van der Waals surface area contributed by atoms with Crippen LogP contribution in [0.1, 0.15) is 43.0 Å². The van der Waals surface area contributed by atoms with Crippen LogP contribution in [0.3, 0.4) is 0 Å². The van der Waals surface area contributed by atoms with Crippen molar-refractivity contribution in [1.29, 1.82) is 0 Å². The molecule has 1 aromatic carbocycles. The van der Waals surface area contributed by atoms with Gasteiger partial charge in [0.25, 0.3) is 0 Å². The molecule has 0 aliphatic carbocycles. The summed E-state index contributed by atoms with van der Waals surface area (Å²) in [5.41, 5.74) is 2.35. The van der Waals surface area contributed by atoms with Crippen LogP contribution >= 0.6 is 0 Å². The van der Waals surface area contributed by atoms with E-state index in [1.54, 1.807) is 18.3 Å². The van der Waals surface area contributed by atoms with Crippen molar-refractivity contribution in [1.82, 2.24) is 4.98 Å². The summed E-state index contributed by atoms with van der Waals surface area (Å²) in [7, 11) is 0. The van der Waals surface area contributed by atoms with E-state index in [1.165, 1.54) is 0 Å². The molecule has 0 amide bonds. The van der Waals surface area contributed by atoms with Gasteiger partial charge in [0.05, 0.1) is 5.39 Å². The van der Waals surface area contributed by atoms with Crippen LogP contribution in [-0.4, -0.2) is 10.1 Å². The van der Waals surface area contributed by atoms with Crippen LogP contribution in [0.2, 0.25) is 0 Å². The molecule has 0 bridgehead atoms. The number of nitrogens with zero attached hydrogens (tertiary/aromatic N) is 1. The number of fused-ring (bicyclic) bond motifs is 1. The number of phenolic OH excluding ortho intramolecular Hbond substituents is 1. The SMILES string of the molecule is CCCCCc1cc(O)c2cc(Cc3ccccn3)c(=O)oc2c1. The topological polar surface area (TPSA) is 63.3 Å². The smallest absolute Gasteiger partial charge is 0.339 e. The Morgan fingerprint density at radius 3 is 2.79 bits per heavy atom. The van der Waals surface area contributed by atoms with Crippen molar-refractivity contribution in [3.05, 3.63) is 69.8 Å². The number of rotatable bonds is 6. The fraction of sp³-hybridized carbons (Fsp3) is 0.300. The van der Waals surface area contributed by atoms with Crippen molar-refractivity contribution in [3.8, 4) is 5.75 Å². The van der Waals surface area contributed by atoms with Crippen molar-refractivity contribution in [2.45, 2.75) is 39.0 Å². The van der Waals surface area contributed by atoms with Gasteiger partial charge in [-0.1, -0.05) is 25.8 Å². The maximum atomic E-state index is 12.2. The van der Waals surface area contributed by atoms with Crippen LogP contribution in [0, 0.1) is 0 Å². The first-order chi connectivity index (χ1) is 11.7. The molecule has 0 atom stereocenters. The quantitative estimate of drug-likeness (QED) is 0.545. The number of unbranched alkanes of at least 4 members (excludes halogenated alkanes) is 2. The predicted molar refractivity (Wildman–Crippen MR) is 94.4 cm³/mol. The van der Waals surface area contributed by atoms with Gasteiger partial charge in [-0.15, -0.1) is 0 Å². The first-order valence-corrected chi connectivity index (χ1v) is 8.36. The molecule has 124 valence electrons. The average molecular weight is 323 g/mol. The second-order valence-corrected chi connectivity index (χ2v) is 6.04. The Kier molecular flexibility index (Phi) is 4.94. The lowest BCUT2D eigenvalue weighted by molar-refractivity contribution is 0.477. The molecule has 2 heterocycles. The van der Waals surface area contributed by atoms with E-state index in [9.17, 15) is 9.90 Å². The first kappa shape index (κ1) is 16.2. The molecule has 4 nitrogen and oxygen atoms in total. The number of aryl methyl sites for hydroxylation is 1. The van der Waals surface area contributed by atoms with Crippen LogP contribution in [-0.2, 0) is 12.8 Å². The van der Waals surface area contributed by atoms with Crippen molar-refractivity contribution >= 4 is 11.0 Å². The molecule has 0 aliphatic heterocycles. The van der Waals surface area contributed by atoms with Gasteiger partial charge in [-0.05, 0) is 48.7 Å². The maximum Gasteiger partial charge on any atom is 0.339 e. The van der Waals surface area contributed by atoms with Crippen LogP contribution in [0.15, 0.2) is 51.8 Å². The number of pyridine rings is 1. The summed E-state index contributed by atoms with van der Waals surface area (Å²) in [4.78, 5) is 16.5. The standard InChI is InChI=1S/C20H21NO3/c1-2-3-4-7-14-10-18(22)17-13-15(20(23)24-19(17)11-14)12-16-8-5-6-9-21-16/h5-6,8-11,13,22H,2-4,7,12H2,1H3. The fourth-order valence-electron chi connectivity index (χ4n) is 2.84. The van der Waals surface area contributed by atoms with Crippen LogP contribution in [0.25, 0.3) is 11.0 Å². The monoisotopic (exact) mass is 323 g/mol. The van der Waals surface area contributed by atoms with E-state index in [0.29, 0.717) is 23.0 Å². The summed E-state index contributed by atoms with van der Waals surface area (Å²) in [6, 6.07) is 10.9. The molecule has 3 aromatic rings. The van der Waals surface area contributed by atoms with Crippen molar-refractivity contribution in [2.75, 3.05) is 0 Å². The fourth-order valence-corrected chi connectivity index (χ4v) is 2.84. The van der Waals surface area contributed by atoms with Crippen LogP contribution < -0.4 is 5.63 Å². The molecule has 4 heteroatoms. The summed E-state index contributed by atoms with van der Waals surface area (Å²) < 4.78 is 5.45. The van der Waals surface area contributed by atoms with Crippen LogP contribution in [0.4, 0.5) is 0 Å². The molecule has 0 aliphatic rings. The minimum absolute atomic E-state index is 0.157. The molecule has 0 radical (unpaired) electrons. The molecule has 2 aromatic heterocycles. The first-order valence-electron chi connectivity index (χ1n) is 8.36. The lowest BCUT2D eigenvalue weighted by Crippen LogP contribution is -2.08. The predicted octanol–water partition coefficient (Wildman–Crippen LogP) is 4.22. The number of benzene rings is 1. The summed E-state index contributed by atoms with van der Waals surface area (Å²) in [5, 5.41) is 10.9. The Labute approximate surface area is 140 Å². The zero-order valence-corrected chi connectivity index (χ0v) is 13.8. The molecule has 3 rings (SSSR count). The summed E-state index contributed by atoms with van der Waals surface area (Å²) >= 11 is 0. The highest BCUT2D eigenvalue weighted by Gasteiger charge is 2.11. The molecule has 0 unspecified atom stereocenters. The second-order valence-electron chi connectivity index (χ2n) is 6.04. The number of aromatic hydroxyl groups is 1. The summed E-state index contributed by atoms with van der Waals surface area (Å²) in [6.45, 7) is 2.15.